The number of carbonyl (C=O) groups is 1. The average molecular weight is 425 g/mol. The third-order valence-electron chi connectivity index (χ3n) is 6.47. The zero-order valence-electron chi connectivity index (χ0n) is 17.6. The second-order valence-corrected chi connectivity index (χ2v) is 8.17. The van der Waals surface area contributed by atoms with Gasteiger partial charge in [0, 0.05) is 43.1 Å². The molecule has 0 bridgehead atoms. The number of para-hydroxylation sites is 1. The maximum atomic E-state index is 13.3. The Kier molecular flexibility index (Phi) is 5.36. The van der Waals surface area contributed by atoms with Crippen LogP contribution in [0.2, 0.25) is 0 Å². The van der Waals surface area contributed by atoms with E-state index < -0.39 is 0 Å². The number of hydrogen-bond donors (Lipinski definition) is 0. The molecule has 7 nitrogen and oxygen atoms in total. The minimum Gasteiger partial charge on any atom is -0.379 e. The normalized spacial score (nSPS) is 22.6. The lowest BCUT2D eigenvalue weighted by Crippen LogP contribution is -2.49. The molecule has 0 aliphatic carbocycles. The highest BCUT2D eigenvalue weighted by molar-refractivity contribution is 6.10. The van der Waals surface area contributed by atoms with Crippen molar-refractivity contribution in [3.05, 3.63) is 71.3 Å². The Balaban J connectivity index is 1.54. The van der Waals surface area contributed by atoms with Crippen molar-refractivity contribution >= 4 is 17.3 Å². The van der Waals surface area contributed by atoms with Crippen LogP contribution in [0.5, 0.6) is 0 Å². The number of fused-ring (bicyclic) bond motifs is 3. The van der Waals surface area contributed by atoms with E-state index in [1.54, 1.807) is 29.2 Å². The van der Waals surface area contributed by atoms with E-state index in [4.69, 9.17) is 10.00 Å². The molecule has 2 atom stereocenters. The molecule has 7 heteroatoms. The minimum atomic E-state index is -0.303. The van der Waals surface area contributed by atoms with E-state index in [2.05, 4.69) is 34.1 Å². The molecule has 0 spiro atoms. The first-order valence-corrected chi connectivity index (χ1v) is 10.8. The van der Waals surface area contributed by atoms with Crippen LogP contribution in [-0.4, -0.2) is 56.2 Å². The van der Waals surface area contributed by atoms with Gasteiger partial charge in [0.25, 0.3) is 5.91 Å². The Morgan fingerprint density at radius 3 is 2.44 bits per heavy atom. The van der Waals surface area contributed by atoms with Gasteiger partial charge in [-0.05, 0) is 36.4 Å². The summed E-state index contributed by atoms with van der Waals surface area (Å²) >= 11 is 0. The van der Waals surface area contributed by atoms with Crippen LogP contribution in [0, 0.1) is 22.7 Å². The van der Waals surface area contributed by atoms with Crippen LogP contribution in [0.25, 0.3) is 0 Å². The number of nitriles is 2. The Bertz CT molecular complexity index is 1140. The summed E-state index contributed by atoms with van der Waals surface area (Å²) < 4.78 is 5.47. The molecule has 1 fully saturated rings. The van der Waals surface area contributed by atoms with Gasteiger partial charge in [0.2, 0.25) is 0 Å². The number of morpholine rings is 1. The van der Waals surface area contributed by atoms with Crippen molar-refractivity contribution in [1.82, 2.24) is 4.90 Å². The maximum absolute atomic E-state index is 13.3. The Hall–Kier alpha value is -3.65. The van der Waals surface area contributed by atoms with E-state index in [0.29, 0.717) is 11.3 Å². The number of benzene rings is 2. The molecule has 5 rings (SSSR count). The molecular formula is C25H23N5O2. The molecule has 0 N–H and O–H groups in total. The lowest BCUT2D eigenvalue weighted by Gasteiger charge is -2.39. The van der Waals surface area contributed by atoms with Gasteiger partial charge in [-0.15, -0.1) is 0 Å². The fourth-order valence-electron chi connectivity index (χ4n) is 4.89. The predicted octanol–water partition coefficient (Wildman–Crippen LogP) is 2.62. The van der Waals surface area contributed by atoms with Gasteiger partial charge < -0.3 is 9.64 Å². The van der Waals surface area contributed by atoms with E-state index in [9.17, 15) is 10.1 Å². The van der Waals surface area contributed by atoms with Gasteiger partial charge in [-0.1, -0.05) is 18.2 Å². The highest BCUT2D eigenvalue weighted by Crippen LogP contribution is 2.47. The summed E-state index contributed by atoms with van der Waals surface area (Å²) in [5.41, 5.74) is 3.54. The lowest BCUT2D eigenvalue weighted by molar-refractivity contribution is -0.115. The summed E-state index contributed by atoms with van der Waals surface area (Å²) in [6.07, 6.45) is 1.83. The zero-order valence-corrected chi connectivity index (χ0v) is 17.6. The van der Waals surface area contributed by atoms with Crippen molar-refractivity contribution in [1.29, 1.82) is 10.5 Å². The van der Waals surface area contributed by atoms with Gasteiger partial charge in [-0.2, -0.15) is 10.5 Å². The van der Waals surface area contributed by atoms with Crippen LogP contribution in [-0.2, 0) is 9.53 Å². The van der Waals surface area contributed by atoms with Crippen molar-refractivity contribution in [2.75, 3.05) is 49.2 Å². The summed E-state index contributed by atoms with van der Waals surface area (Å²) in [5.74, 6) is -0.303. The molecule has 1 amide bonds. The highest BCUT2D eigenvalue weighted by atomic mass is 16.5. The first-order chi connectivity index (χ1) is 15.7. The van der Waals surface area contributed by atoms with Gasteiger partial charge in [0.1, 0.15) is 11.6 Å². The topological polar surface area (TPSA) is 83.6 Å². The molecular weight excluding hydrogens is 402 g/mol. The monoisotopic (exact) mass is 425 g/mol. The van der Waals surface area contributed by atoms with E-state index in [0.717, 1.165) is 50.6 Å². The van der Waals surface area contributed by atoms with Crippen LogP contribution < -0.4 is 9.80 Å². The second-order valence-electron chi connectivity index (χ2n) is 8.17. The van der Waals surface area contributed by atoms with Gasteiger partial charge in [-0.3, -0.25) is 14.6 Å². The Morgan fingerprint density at radius 2 is 1.72 bits per heavy atom. The third-order valence-corrected chi connectivity index (χ3v) is 6.47. The number of amides is 1. The fraction of sp³-hybridized carbons (Fsp3) is 0.320. The number of nitrogens with zero attached hydrogens (tertiary/aromatic N) is 5. The quantitative estimate of drug-likeness (QED) is 0.749. The molecule has 1 saturated heterocycles. The fourth-order valence-corrected chi connectivity index (χ4v) is 4.89. The maximum Gasteiger partial charge on any atom is 0.269 e. The molecule has 3 aliphatic rings. The van der Waals surface area contributed by atoms with E-state index in [1.165, 1.54) is 0 Å². The third kappa shape index (κ3) is 3.42. The molecule has 0 saturated carbocycles. The van der Waals surface area contributed by atoms with E-state index in [-0.39, 0.29) is 23.6 Å². The van der Waals surface area contributed by atoms with Crippen molar-refractivity contribution in [3.63, 3.8) is 0 Å². The van der Waals surface area contributed by atoms with Crippen LogP contribution in [0.4, 0.5) is 11.4 Å². The van der Waals surface area contributed by atoms with Gasteiger partial charge >= 0.3 is 0 Å². The van der Waals surface area contributed by atoms with Gasteiger partial charge in [0.15, 0.2) is 0 Å². The smallest absolute Gasteiger partial charge is 0.269 e. The van der Waals surface area contributed by atoms with Crippen molar-refractivity contribution in [3.8, 4) is 12.1 Å². The number of hydrogen-bond acceptors (Lipinski definition) is 6. The Morgan fingerprint density at radius 1 is 0.969 bits per heavy atom. The standard InChI is InChI=1S/C25H23N5O2/c26-16-18-5-7-20(8-6-18)30-24-21-3-1-2-4-22(21)29(10-9-28-11-13-32-14-12-28)23(24)15-19(17-27)25(30)31/h1-8,15,23-24H,9-14H2. The molecule has 2 aromatic carbocycles. The predicted molar refractivity (Wildman–Crippen MR) is 120 cm³/mol. The Labute approximate surface area is 187 Å². The zero-order chi connectivity index (χ0) is 22.1. The number of ether oxygens (including phenoxy) is 1. The molecule has 32 heavy (non-hydrogen) atoms. The molecule has 3 heterocycles. The van der Waals surface area contributed by atoms with Crippen molar-refractivity contribution in [2.45, 2.75) is 12.1 Å². The summed E-state index contributed by atoms with van der Waals surface area (Å²) in [6.45, 7) is 5.02. The largest absolute Gasteiger partial charge is 0.379 e. The molecule has 2 aromatic rings. The molecule has 3 aliphatic heterocycles. The first-order valence-electron chi connectivity index (χ1n) is 10.8. The molecule has 0 radical (unpaired) electrons. The molecule has 2 unspecified atom stereocenters. The van der Waals surface area contributed by atoms with Crippen molar-refractivity contribution in [2.24, 2.45) is 0 Å². The summed E-state index contributed by atoms with van der Waals surface area (Å²) in [5, 5.41) is 18.9. The summed E-state index contributed by atoms with van der Waals surface area (Å²) in [7, 11) is 0. The van der Waals surface area contributed by atoms with Crippen LogP contribution in [0.1, 0.15) is 17.2 Å². The average Bonchev–Trinajstić information content (AvgIpc) is 3.16. The number of anilines is 2. The van der Waals surface area contributed by atoms with Gasteiger partial charge in [0.05, 0.1) is 36.9 Å². The van der Waals surface area contributed by atoms with E-state index in [1.807, 2.05) is 18.2 Å². The van der Waals surface area contributed by atoms with E-state index >= 15 is 0 Å². The highest BCUT2D eigenvalue weighted by Gasteiger charge is 2.46. The second kappa shape index (κ2) is 8.47. The minimum absolute atomic E-state index is 0.128. The lowest BCUT2D eigenvalue weighted by atomic mass is 9.93. The molecule has 0 aromatic heterocycles. The van der Waals surface area contributed by atoms with Crippen LogP contribution >= 0.6 is 0 Å². The van der Waals surface area contributed by atoms with Crippen LogP contribution in [0.3, 0.4) is 0 Å². The van der Waals surface area contributed by atoms with Crippen molar-refractivity contribution < 1.29 is 9.53 Å². The number of carbonyl (C=O) groups excluding carboxylic acids is 1. The SMILES string of the molecule is N#CC1=CC2C(c3ccccc3N2CCN2CCOCC2)N(c2ccc(C#N)cc2)C1=O. The first kappa shape index (κ1) is 20.3. The number of rotatable bonds is 4. The molecule has 160 valence electrons. The van der Waals surface area contributed by atoms with Gasteiger partial charge in [-0.25, -0.2) is 0 Å². The van der Waals surface area contributed by atoms with Crippen LogP contribution in [0.15, 0.2) is 60.2 Å². The summed E-state index contributed by atoms with van der Waals surface area (Å²) in [6, 6.07) is 19.0. The summed E-state index contributed by atoms with van der Waals surface area (Å²) in [4.78, 5) is 19.7.